The van der Waals surface area contributed by atoms with Gasteiger partial charge >= 0.3 is 0 Å². The van der Waals surface area contributed by atoms with Gasteiger partial charge in [-0.2, -0.15) is 0 Å². The summed E-state index contributed by atoms with van der Waals surface area (Å²) in [6.07, 6.45) is 0.980. The Morgan fingerprint density at radius 3 is 2.46 bits per heavy atom. The topological polar surface area (TPSA) is 38.5 Å². The van der Waals surface area contributed by atoms with Crippen LogP contribution in [0.2, 0.25) is 0 Å². The molecule has 78 valence electrons. The summed E-state index contributed by atoms with van der Waals surface area (Å²) in [5.41, 5.74) is 6.26. The maximum absolute atomic E-state index is 6.19. The monoisotopic (exact) mass is 186 g/mol. The largest absolute Gasteiger partial charge is 0.379 e. The van der Waals surface area contributed by atoms with E-state index in [2.05, 4.69) is 32.7 Å². The minimum absolute atomic E-state index is 0.123. The minimum Gasteiger partial charge on any atom is -0.379 e. The molecule has 0 saturated carbocycles. The lowest BCUT2D eigenvalue weighted by Gasteiger charge is -2.37. The predicted octanol–water partition coefficient (Wildman–Crippen LogP) is 0.834. The summed E-state index contributed by atoms with van der Waals surface area (Å²) < 4.78 is 5.32. The molecule has 3 heteroatoms. The van der Waals surface area contributed by atoms with Crippen LogP contribution in [-0.2, 0) is 4.74 Å². The van der Waals surface area contributed by atoms with Crippen LogP contribution in [0.25, 0.3) is 0 Å². The minimum atomic E-state index is -0.123. The second-order valence-corrected chi connectivity index (χ2v) is 5.19. The normalized spacial score (nSPS) is 30.0. The van der Waals surface area contributed by atoms with Crippen LogP contribution < -0.4 is 5.73 Å². The first-order chi connectivity index (χ1) is 5.83. The molecule has 0 amide bonds. The van der Waals surface area contributed by atoms with Gasteiger partial charge < -0.3 is 10.5 Å². The number of hydrogen-bond acceptors (Lipinski definition) is 3. The van der Waals surface area contributed by atoms with E-state index < -0.39 is 0 Å². The van der Waals surface area contributed by atoms with Gasteiger partial charge in [0.1, 0.15) is 0 Å². The molecular formula is C10H22N2O. The number of hydrogen-bond donors (Lipinski definition) is 1. The zero-order valence-corrected chi connectivity index (χ0v) is 9.26. The standard InChI is InChI=1S/C10H22N2O/c1-9(2,3)12(4)7-10(11)5-6-13-8-10/h5-8,11H2,1-4H3. The van der Waals surface area contributed by atoms with Crippen LogP contribution >= 0.6 is 0 Å². The molecule has 1 fully saturated rings. The molecule has 1 saturated heterocycles. The average Bonchev–Trinajstić information content (AvgIpc) is 2.33. The van der Waals surface area contributed by atoms with Crippen molar-refractivity contribution in [2.75, 3.05) is 26.8 Å². The van der Waals surface area contributed by atoms with Gasteiger partial charge in [0.15, 0.2) is 0 Å². The van der Waals surface area contributed by atoms with E-state index in [1.165, 1.54) is 0 Å². The first-order valence-corrected chi connectivity index (χ1v) is 4.91. The average molecular weight is 186 g/mol. The Balaban J connectivity index is 2.48. The highest BCUT2D eigenvalue weighted by atomic mass is 16.5. The van der Waals surface area contributed by atoms with Gasteiger partial charge in [-0.15, -0.1) is 0 Å². The second-order valence-electron chi connectivity index (χ2n) is 5.19. The van der Waals surface area contributed by atoms with E-state index in [0.29, 0.717) is 6.61 Å². The van der Waals surface area contributed by atoms with Crippen molar-refractivity contribution >= 4 is 0 Å². The molecule has 0 bridgehead atoms. The van der Waals surface area contributed by atoms with Crippen molar-refractivity contribution in [3.63, 3.8) is 0 Å². The Morgan fingerprint density at radius 1 is 1.46 bits per heavy atom. The number of ether oxygens (including phenoxy) is 1. The summed E-state index contributed by atoms with van der Waals surface area (Å²) in [7, 11) is 2.12. The van der Waals surface area contributed by atoms with E-state index in [1.807, 2.05) is 0 Å². The van der Waals surface area contributed by atoms with Gasteiger partial charge in [-0.3, -0.25) is 4.90 Å². The van der Waals surface area contributed by atoms with Crippen LogP contribution in [0.5, 0.6) is 0 Å². The molecule has 0 aromatic rings. The molecule has 0 aromatic carbocycles. The molecule has 1 atom stereocenters. The molecule has 3 nitrogen and oxygen atoms in total. The molecule has 1 rings (SSSR count). The van der Waals surface area contributed by atoms with Gasteiger partial charge in [-0.1, -0.05) is 0 Å². The predicted molar refractivity (Wildman–Crippen MR) is 54.7 cm³/mol. The van der Waals surface area contributed by atoms with Crippen LogP contribution in [0, 0.1) is 0 Å². The Hall–Kier alpha value is -0.120. The smallest absolute Gasteiger partial charge is 0.0659 e. The maximum Gasteiger partial charge on any atom is 0.0659 e. The van der Waals surface area contributed by atoms with Gasteiger partial charge in [0, 0.05) is 18.7 Å². The van der Waals surface area contributed by atoms with Crippen molar-refractivity contribution in [3.05, 3.63) is 0 Å². The summed E-state index contributed by atoms with van der Waals surface area (Å²) in [6.45, 7) is 9.03. The van der Waals surface area contributed by atoms with Gasteiger partial charge in [-0.05, 0) is 34.2 Å². The number of nitrogens with zero attached hydrogens (tertiary/aromatic N) is 1. The van der Waals surface area contributed by atoms with E-state index in [-0.39, 0.29) is 11.1 Å². The Morgan fingerprint density at radius 2 is 2.08 bits per heavy atom. The molecule has 2 N–H and O–H groups in total. The Kier molecular flexibility index (Phi) is 3.00. The summed E-state index contributed by atoms with van der Waals surface area (Å²) in [5, 5.41) is 0. The zero-order valence-electron chi connectivity index (χ0n) is 9.26. The summed E-state index contributed by atoms with van der Waals surface area (Å²) in [4.78, 5) is 2.29. The fraction of sp³-hybridized carbons (Fsp3) is 1.00. The SMILES string of the molecule is CN(CC1(N)CCOC1)C(C)(C)C. The Bertz CT molecular complexity index is 168. The van der Waals surface area contributed by atoms with Crippen molar-refractivity contribution in [3.8, 4) is 0 Å². The van der Waals surface area contributed by atoms with Crippen LogP contribution in [0.1, 0.15) is 27.2 Å². The lowest BCUT2D eigenvalue weighted by molar-refractivity contribution is 0.117. The summed E-state index contributed by atoms with van der Waals surface area (Å²) >= 11 is 0. The van der Waals surface area contributed by atoms with E-state index in [1.54, 1.807) is 0 Å². The third-order valence-corrected chi connectivity index (χ3v) is 2.83. The molecule has 0 aliphatic carbocycles. The van der Waals surface area contributed by atoms with Crippen molar-refractivity contribution in [2.45, 2.75) is 38.3 Å². The lowest BCUT2D eigenvalue weighted by atomic mass is 9.96. The van der Waals surface area contributed by atoms with Gasteiger partial charge in [0.05, 0.1) is 12.1 Å². The zero-order chi connectivity index (χ0) is 10.1. The van der Waals surface area contributed by atoms with E-state index in [4.69, 9.17) is 10.5 Å². The molecule has 1 unspecified atom stereocenters. The third kappa shape index (κ3) is 2.93. The second kappa shape index (κ2) is 3.56. The van der Waals surface area contributed by atoms with Crippen LogP contribution in [-0.4, -0.2) is 42.8 Å². The summed E-state index contributed by atoms with van der Waals surface area (Å²) in [6, 6.07) is 0. The molecule has 13 heavy (non-hydrogen) atoms. The van der Waals surface area contributed by atoms with Crippen LogP contribution in [0.4, 0.5) is 0 Å². The lowest BCUT2D eigenvalue weighted by Crippen LogP contribution is -2.54. The fourth-order valence-corrected chi connectivity index (χ4v) is 1.46. The van der Waals surface area contributed by atoms with E-state index in [9.17, 15) is 0 Å². The quantitative estimate of drug-likeness (QED) is 0.694. The van der Waals surface area contributed by atoms with Gasteiger partial charge in [0.25, 0.3) is 0 Å². The fourth-order valence-electron chi connectivity index (χ4n) is 1.46. The molecule has 1 aliphatic heterocycles. The first kappa shape index (κ1) is 11.0. The molecule has 0 aromatic heterocycles. The van der Waals surface area contributed by atoms with Crippen molar-refractivity contribution in [1.82, 2.24) is 4.90 Å². The van der Waals surface area contributed by atoms with Crippen LogP contribution in [0.3, 0.4) is 0 Å². The van der Waals surface area contributed by atoms with Crippen LogP contribution in [0.15, 0.2) is 0 Å². The maximum atomic E-state index is 6.19. The molecule has 1 heterocycles. The molecule has 0 radical (unpaired) electrons. The molecule has 0 spiro atoms. The number of likely N-dealkylation sites (N-methyl/N-ethyl adjacent to an activating group) is 1. The third-order valence-electron chi connectivity index (χ3n) is 2.83. The number of nitrogens with two attached hydrogens (primary N) is 1. The van der Waals surface area contributed by atoms with E-state index in [0.717, 1.165) is 19.6 Å². The Labute approximate surface area is 81.2 Å². The highest BCUT2D eigenvalue weighted by Crippen LogP contribution is 2.20. The summed E-state index contributed by atoms with van der Waals surface area (Å²) in [5.74, 6) is 0. The van der Waals surface area contributed by atoms with Crippen molar-refractivity contribution in [1.29, 1.82) is 0 Å². The first-order valence-electron chi connectivity index (χ1n) is 4.91. The molecular weight excluding hydrogens is 164 g/mol. The number of rotatable bonds is 2. The molecule has 1 aliphatic rings. The highest BCUT2D eigenvalue weighted by molar-refractivity contribution is 4.92. The van der Waals surface area contributed by atoms with Gasteiger partial charge in [-0.25, -0.2) is 0 Å². The van der Waals surface area contributed by atoms with Gasteiger partial charge in [0.2, 0.25) is 0 Å². The van der Waals surface area contributed by atoms with Crippen molar-refractivity contribution < 1.29 is 4.74 Å². The van der Waals surface area contributed by atoms with E-state index >= 15 is 0 Å². The van der Waals surface area contributed by atoms with Crippen molar-refractivity contribution in [2.24, 2.45) is 5.73 Å². The highest BCUT2D eigenvalue weighted by Gasteiger charge is 2.33.